The number of carbonyl (C=O) groups excluding carboxylic acids is 1. The van der Waals surface area contributed by atoms with Crippen LogP contribution < -0.4 is 0 Å². The Hall–Kier alpha value is -2.41. The van der Waals surface area contributed by atoms with Crippen molar-refractivity contribution in [2.45, 2.75) is 6.92 Å². The van der Waals surface area contributed by atoms with E-state index in [-0.39, 0.29) is 0 Å². The molecular weight excluding hydrogens is 232 g/mol. The topological polar surface area (TPSA) is 17.1 Å². The molecule has 0 saturated carbocycles. The smallest absolute Gasteiger partial charge is 0.150 e. The van der Waals surface area contributed by atoms with Gasteiger partial charge in [0.25, 0.3) is 0 Å². The lowest BCUT2D eigenvalue weighted by atomic mass is 9.94. The van der Waals surface area contributed by atoms with Gasteiger partial charge in [-0.1, -0.05) is 54.6 Å². The zero-order chi connectivity index (χ0) is 13.2. The highest BCUT2D eigenvalue weighted by molar-refractivity contribution is 5.97. The van der Waals surface area contributed by atoms with Crippen molar-refractivity contribution >= 4 is 17.1 Å². The summed E-state index contributed by atoms with van der Waals surface area (Å²) in [4.78, 5) is 10.8. The monoisotopic (exact) mass is 246 g/mol. The fourth-order valence-corrected chi connectivity index (χ4v) is 2.52. The third-order valence-electron chi connectivity index (χ3n) is 3.47. The van der Waals surface area contributed by atoms with Crippen LogP contribution in [0.25, 0.3) is 21.9 Å². The van der Waals surface area contributed by atoms with Crippen LogP contribution in [-0.4, -0.2) is 6.29 Å². The number of aldehydes is 1. The van der Waals surface area contributed by atoms with E-state index in [0.29, 0.717) is 0 Å². The second-order valence-corrected chi connectivity index (χ2v) is 4.72. The third kappa shape index (κ3) is 2.04. The molecule has 0 unspecified atom stereocenters. The molecule has 0 heterocycles. The number of carbonyl (C=O) groups is 1. The van der Waals surface area contributed by atoms with Gasteiger partial charge >= 0.3 is 0 Å². The molecule has 0 aromatic heterocycles. The minimum absolute atomic E-state index is 0.724. The molecule has 0 bridgehead atoms. The fourth-order valence-electron chi connectivity index (χ4n) is 2.52. The highest BCUT2D eigenvalue weighted by Gasteiger charge is 2.06. The standard InChI is InChI=1S/C18H14O/c1-13-11-14(12-19)9-10-16(13)18-8-4-6-15-5-2-3-7-17(15)18/h2-12H,1H3. The Bertz CT molecular complexity index is 751. The first-order valence-corrected chi connectivity index (χ1v) is 6.33. The number of hydrogen-bond donors (Lipinski definition) is 0. The summed E-state index contributed by atoms with van der Waals surface area (Å²) in [6, 6.07) is 20.5. The molecule has 0 radical (unpaired) electrons. The zero-order valence-electron chi connectivity index (χ0n) is 10.8. The largest absolute Gasteiger partial charge is 0.298 e. The van der Waals surface area contributed by atoms with Crippen LogP contribution >= 0.6 is 0 Å². The molecule has 3 aromatic carbocycles. The van der Waals surface area contributed by atoms with E-state index in [1.807, 2.05) is 25.1 Å². The van der Waals surface area contributed by atoms with Gasteiger partial charge in [-0.15, -0.1) is 0 Å². The highest BCUT2D eigenvalue weighted by Crippen LogP contribution is 2.30. The SMILES string of the molecule is Cc1cc(C=O)ccc1-c1cccc2ccccc12. The van der Waals surface area contributed by atoms with Gasteiger partial charge in [-0.3, -0.25) is 4.79 Å². The Balaban J connectivity index is 2.27. The van der Waals surface area contributed by atoms with Crippen molar-refractivity contribution in [1.82, 2.24) is 0 Å². The molecular formula is C18H14O. The maximum absolute atomic E-state index is 10.8. The number of hydrogen-bond acceptors (Lipinski definition) is 1. The van der Waals surface area contributed by atoms with Gasteiger partial charge in [-0.25, -0.2) is 0 Å². The van der Waals surface area contributed by atoms with Crippen molar-refractivity contribution in [2.75, 3.05) is 0 Å². The van der Waals surface area contributed by atoms with Crippen LogP contribution in [0.15, 0.2) is 60.7 Å². The summed E-state index contributed by atoms with van der Waals surface area (Å²) >= 11 is 0. The Morgan fingerprint density at radius 3 is 2.42 bits per heavy atom. The Morgan fingerprint density at radius 1 is 0.842 bits per heavy atom. The van der Waals surface area contributed by atoms with Crippen molar-refractivity contribution in [3.63, 3.8) is 0 Å². The van der Waals surface area contributed by atoms with Crippen LogP contribution in [0.4, 0.5) is 0 Å². The van der Waals surface area contributed by atoms with Gasteiger partial charge in [0.1, 0.15) is 6.29 Å². The number of rotatable bonds is 2. The van der Waals surface area contributed by atoms with Gasteiger partial charge < -0.3 is 0 Å². The van der Waals surface area contributed by atoms with Gasteiger partial charge in [0, 0.05) is 5.56 Å². The number of aryl methyl sites for hydroxylation is 1. The molecule has 1 nitrogen and oxygen atoms in total. The number of benzene rings is 3. The highest BCUT2D eigenvalue weighted by atomic mass is 16.1. The van der Waals surface area contributed by atoms with Gasteiger partial charge in [0.2, 0.25) is 0 Å². The van der Waals surface area contributed by atoms with E-state index in [2.05, 4.69) is 42.5 Å². The summed E-state index contributed by atoms with van der Waals surface area (Å²) in [5.74, 6) is 0. The maximum atomic E-state index is 10.8. The lowest BCUT2D eigenvalue weighted by molar-refractivity contribution is 0.112. The van der Waals surface area contributed by atoms with Gasteiger partial charge in [-0.05, 0) is 40.5 Å². The third-order valence-corrected chi connectivity index (χ3v) is 3.47. The summed E-state index contributed by atoms with van der Waals surface area (Å²) in [6.07, 6.45) is 0.889. The summed E-state index contributed by atoms with van der Waals surface area (Å²) < 4.78 is 0. The second kappa shape index (κ2) is 4.69. The lowest BCUT2D eigenvalue weighted by Crippen LogP contribution is -1.88. The maximum Gasteiger partial charge on any atom is 0.150 e. The Labute approximate surface area is 112 Å². The molecule has 3 rings (SSSR count). The summed E-state index contributed by atoms with van der Waals surface area (Å²) in [5.41, 5.74) is 4.25. The zero-order valence-corrected chi connectivity index (χ0v) is 10.8. The van der Waals surface area contributed by atoms with E-state index >= 15 is 0 Å². The fraction of sp³-hybridized carbons (Fsp3) is 0.0556. The van der Waals surface area contributed by atoms with Crippen LogP contribution in [0.3, 0.4) is 0 Å². The second-order valence-electron chi connectivity index (χ2n) is 4.72. The van der Waals surface area contributed by atoms with Crippen LogP contribution in [-0.2, 0) is 0 Å². The first-order chi connectivity index (χ1) is 9.29. The van der Waals surface area contributed by atoms with E-state index in [0.717, 1.165) is 17.4 Å². The summed E-state index contributed by atoms with van der Waals surface area (Å²) in [5, 5.41) is 2.48. The summed E-state index contributed by atoms with van der Waals surface area (Å²) in [6.45, 7) is 2.05. The molecule has 0 fully saturated rings. The molecule has 0 aliphatic heterocycles. The average molecular weight is 246 g/mol. The van der Waals surface area contributed by atoms with Crippen LogP contribution in [0.1, 0.15) is 15.9 Å². The van der Waals surface area contributed by atoms with E-state index in [1.54, 1.807) is 0 Å². The van der Waals surface area contributed by atoms with E-state index in [1.165, 1.54) is 21.9 Å². The van der Waals surface area contributed by atoms with E-state index in [9.17, 15) is 4.79 Å². The van der Waals surface area contributed by atoms with Crippen LogP contribution in [0, 0.1) is 6.92 Å². The molecule has 0 amide bonds. The molecule has 92 valence electrons. The average Bonchev–Trinajstić information content (AvgIpc) is 2.46. The quantitative estimate of drug-likeness (QED) is 0.602. The van der Waals surface area contributed by atoms with Crippen molar-refractivity contribution in [3.05, 3.63) is 71.8 Å². The molecule has 0 atom stereocenters. The number of fused-ring (bicyclic) bond motifs is 1. The predicted molar refractivity (Wildman–Crippen MR) is 79.5 cm³/mol. The molecule has 1 heteroatoms. The van der Waals surface area contributed by atoms with Crippen LogP contribution in [0.2, 0.25) is 0 Å². The molecule has 0 spiro atoms. The molecule has 0 aliphatic carbocycles. The Morgan fingerprint density at radius 2 is 1.63 bits per heavy atom. The Kier molecular flexibility index (Phi) is 2.88. The first-order valence-electron chi connectivity index (χ1n) is 6.33. The van der Waals surface area contributed by atoms with Gasteiger partial charge in [-0.2, -0.15) is 0 Å². The molecule has 19 heavy (non-hydrogen) atoms. The van der Waals surface area contributed by atoms with Crippen molar-refractivity contribution < 1.29 is 4.79 Å². The first kappa shape index (κ1) is 11.7. The lowest BCUT2D eigenvalue weighted by Gasteiger charge is -2.10. The van der Waals surface area contributed by atoms with Crippen molar-refractivity contribution in [1.29, 1.82) is 0 Å². The minimum atomic E-state index is 0.724. The van der Waals surface area contributed by atoms with E-state index in [4.69, 9.17) is 0 Å². The predicted octanol–water partition coefficient (Wildman–Crippen LogP) is 4.63. The molecule has 0 N–H and O–H groups in total. The van der Waals surface area contributed by atoms with Crippen molar-refractivity contribution in [3.8, 4) is 11.1 Å². The van der Waals surface area contributed by atoms with E-state index < -0.39 is 0 Å². The minimum Gasteiger partial charge on any atom is -0.298 e. The molecule has 0 saturated heterocycles. The molecule has 0 aliphatic rings. The molecule has 3 aromatic rings. The van der Waals surface area contributed by atoms with Crippen LogP contribution in [0.5, 0.6) is 0 Å². The van der Waals surface area contributed by atoms with Gasteiger partial charge in [0.05, 0.1) is 0 Å². The van der Waals surface area contributed by atoms with Crippen molar-refractivity contribution in [2.24, 2.45) is 0 Å². The van der Waals surface area contributed by atoms with Gasteiger partial charge in [0.15, 0.2) is 0 Å². The normalized spacial score (nSPS) is 10.6. The summed E-state index contributed by atoms with van der Waals surface area (Å²) in [7, 11) is 0.